The molecule has 0 unspecified atom stereocenters. The van der Waals surface area contributed by atoms with Crippen molar-refractivity contribution in [3.05, 3.63) is 53.2 Å². The van der Waals surface area contributed by atoms with Gasteiger partial charge >= 0.3 is 0 Å². The summed E-state index contributed by atoms with van der Waals surface area (Å²) in [7, 11) is 3.83. The van der Waals surface area contributed by atoms with Crippen LogP contribution in [0.25, 0.3) is 0 Å². The average molecular weight is 407 g/mol. The molecule has 2 aromatic rings. The second-order valence-electron chi connectivity index (χ2n) is 6.07. The zero-order valence-corrected chi connectivity index (χ0v) is 17.1. The zero-order valence-electron chi connectivity index (χ0n) is 15.5. The fourth-order valence-electron chi connectivity index (χ4n) is 2.32. The number of thioether (sulfide) groups is 1. The molecular weight excluding hydrogens is 384 g/mol. The lowest BCUT2D eigenvalue weighted by Gasteiger charge is -2.19. The molecule has 2 N–H and O–H groups in total. The van der Waals surface area contributed by atoms with Crippen LogP contribution >= 0.6 is 23.4 Å². The molecule has 6 nitrogen and oxygen atoms in total. The number of anilines is 2. The van der Waals surface area contributed by atoms with Crippen molar-refractivity contribution < 1.29 is 9.59 Å². The maximum absolute atomic E-state index is 12.7. The van der Waals surface area contributed by atoms with Crippen LogP contribution in [-0.4, -0.2) is 48.9 Å². The van der Waals surface area contributed by atoms with E-state index in [0.717, 1.165) is 11.4 Å². The molecule has 0 fully saturated rings. The number of rotatable bonds is 8. The van der Waals surface area contributed by atoms with E-state index in [-0.39, 0.29) is 11.8 Å². The fraction of sp³-hybridized carbons (Fsp3) is 0.316. The van der Waals surface area contributed by atoms with Crippen LogP contribution in [0, 0.1) is 0 Å². The normalized spacial score (nSPS) is 11.6. The topological polar surface area (TPSA) is 74.3 Å². The molecule has 144 valence electrons. The Kier molecular flexibility index (Phi) is 7.94. The van der Waals surface area contributed by atoms with Gasteiger partial charge in [0.05, 0.1) is 22.5 Å². The molecular formula is C19H23ClN4O2S. The van der Waals surface area contributed by atoms with Gasteiger partial charge in [-0.25, -0.2) is 4.98 Å². The van der Waals surface area contributed by atoms with Crippen LogP contribution in [0.15, 0.2) is 42.6 Å². The lowest BCUT2D eigenvalue weighted by atomic mass is 10.1. The van der Waals surface area contributed by atoms with Crippen LogP contribution in [0.4, 0.5) is 11.5 Å². The summed E-state index contributed by atoms with van der Waals surface area (Å²) in [5, 5.41) is 5.88. The van der Waals surface area contributed by atoms with Crippen molar-refractivity contribution >= 4 is 46.7 Å². The Morgan fingerprint density at radius 3 is 2.56 bits per heavy atom. The van der Waals surface area contributed by atoms with Crippen molar-refractivity contribution in [3.63, 3.8) is 0 Å². The van der Waals surface area contributed by atoms with E-state index in [1.807, 2.05) is 31.3 Å². The molecule has 2 amide bonds. The minimum Gasteiger partial charge on any atom is -0.376 e. The summed E-state index contributed by atoms with van der Waals surface area (Å²) in [6.45, 7) is 0. The van der Waals surface area contributed by atoms with E-state index in [4.69, 9.17) is 11.6 Å². The third kappa shape index (κ3) is 6.15. The van der Waals surface area contributed by atoms with Gasteiger partial charge in [-0.2, -0.15) is 11.8 Å². The largest absolute Gasteiger partial charge is 0.376 e. The van der Waals surface area contributed by atoms with Gasteiger partial charge in [-0.15, -0.1) is 0 Å². The predicted octanol–water partition coefficient (Wildman–Crippen LogP) is 3.29. The van der Waals surface area contributed by atoms with Gasteiger partial charge in [0.15, 0.2) is 0 Å². The van der Waals surface area contributed by atoms with Crippen molar-refractivity contribution in [2.24, 2.45) is 0 Å². The van der Waals surface area contributed by atoms with Gasteiger partial charge in [0, 0.05) is 14.1 Å². The quantitative estimate of drug-likeness (QED) is 0.703. The molecule has 1 heterocycles. The molecule has 8 heteroatoms. The highest BCUT2D eigenvalue weighted by Gasteiger charge is 2.22. The van der Waals surface area contributed by atoms with Crippen LogP contribution in [0.1, 0.15) is 16.8 Å². The number of carbonyl (C=O) groups is 2. The Balaban J connectivity index is 2.08. The minimum absolute atomic E-state index is 0.311. The number of nitrogens with one attached hydrogen (secondary N) is 2. The molecule has 0 aliphatic heterocycles. The maximum atomic E-state index is 12.7. The predicted molar refractivity (Wildman–Crippen MR) is 113 cm³/mol. The first kappa shape index (κ1) is 21.1. The van der Waals surface area contributed by atoms with Crippen molar-refractivity contribution in [2.75, 3.05) is 36.3 Å². The molecule has 0 spiro atoms. The second-order valence-corrected chi connectivity index (χ2v) is 7.47. The highest BCUT2D eigenvalue weighted by molar-refractivity contribution is 7.98. The molecule has 0 radical (unpaired) electrons. The standard InChI is InChI=1S/C19H23ClN4O2S/c1-24(2)13-8-9-17(21-12-13)23-19(26)16(10-11-27-3)22-18(25)14-6-4-5-7-15(14)20/h4-9,12,16H,10-11H2,1-3H3,(H,22,25)(H,21,23,26)/t16-/m0/s1. The van der Waals surface area contributed by atoms with E-state index in [1.165, 1.54) is 0 Å². The van der Waals surface area contributed by atoms with Gasteiger partial charge in [-0.05, 0) is 42.7 Å². The number of pyridine rings is 1. The van der Waals surface area contributed by atoms with E-state index in [0.29, 0.717) is 22.8 Å². The smallest absolute Gasteiger partial charge is 0.253 e. The second kappa shape index (κ2) is 10.2. The van der Waals surface area contributed by atoms with Gasteiger partial charge in [-0.3, -0.25) is 9.59 Å². The van der Waals surface area contributed by atoms with Crippen LogP contribution in [-0.2, 0) is 4.79 Å². The average Bonchev–Trinajstić information content (AvgIpc) is 2.65. The number of benzene rings is 1. The first-order valence-corrected chi connectivity index (χ1v) is 10.2. The van der Waals surface area contributed by atoms with E-state index in [9.17, 15) is 9.59 Å². The molecule has 0 aliphatic rings. The monoisotopic (exact) mass is 406 g/mol. The number of aromatic nitrogens is 1. The number of halogens is 1. The summed E-state index contributed by atoms with van der Waals surface area (Å²) in [5.74, 6) is 0.479. The number of hydrogen-bond acceptors (Lipinski definition) is 5. The van der Waals surface area contributed by atoms with Crippen LogP contribution in [0.2, 0.25) is 5.02 Å². The number of hydrogen-bond donors (Lipinski definition) is 2. The van der Waals surface area contributed by atoms with E-state index < -0.39 is 6.04 Å². The molecule has 0 saturated carbocycles. The molecule has 0 aliphatic carbocycles. The summed E-state index contributed by atoms with van der Waals surface area (Å²) >= 11 is 7.68. The first-order valence-electron chi connectivity index (χ1n) is 8.41. The summed E-state index contributed by atoms with van der Waals surface area (Å²) in [6, 6.07) is 9.66. The van der Waals surface area contributed by atoms with E-state index in [2.05, 4.69) is 15.6 Å². The molecule has 0 bridgehead atoms. The Labute approximate surface area is 168 Å². The fourth-order valence-corrected chi connectivity index (χ4v) is 3.02. The van der Waals surface area contributed by atoms with Crippen LogP contribution in [0.5, 0.6) is 0 Å². The van der Waals surface area contributed by atoms with Gasteiger partial charge < -0.3 is 15.5 Å². The number of carbonyl (C=O) groups excluding carboxylic acids is 2. The lowest BCUT2D eigenvalue weighted by molar-refractivity contribution is -0.118. The molecule has 1 aromatic carbocycles. The summed E-state index contributed by atoms with van der Waals surface area (Å²) in [6.07, 6.45) is 4.13. The number of amides is 2. The SMILES string of the molecule is CSCC[C@H](NC(=O)c1ccccc1Cl)C(=O)Nc1ccc(N(C)C)cn1. The third-order valence-electron chi connectivity index (χ3n) is 3.87. The lowest BCUT2D eigenvalue weighted by Crippen LogP contribution is -2.44. The maximum Gasteiger partial charge on any atom is 0.253 e. The Bertz CT molecular complexity index is 784. The Hall–Kier alpha value is -2.25. The van der Waals surface area contributed by atoms with Crippen molar-refractivity contribution in [3.8, 4) is 0 Å². The van der Waals surface area contributed by atoms with Gasteiger partial charge in [0.25, 0.3) is 5.91 Å². The van der Waals surface area contributed by atoms with Crippen LogP contribution < -0.4 is 15.5 Å². The Morgan fingerprint density at radius 2 is 1.96 bits per heavy atom. The minimum atomic E-state index is -0.684. The first-order chi connectivity index (χ1) is 12.9. The third-order valence-corrected chi connectivity index (χ3v) is 4.84. The molecule has 27 heavy (non-hydrogen) atoms. The van der Waals surface area contributed by atoms with Crippen molar-refractivity contribution in [2.45, 2.75) is 12.5 Å². The highest BCUT2D eigenvalue weighted by Crippen LogP contribution is 2.16. The van der Waals surface area contributed by atoms with Gasteiger partial charge in [0.2, 0.25) is 5.91 Å². The summed E-state index contributed by atoms with van der Waals surface area (Å²) in [5.41, 5.74) is 1.27. The van der Waals surface area contributed by atoms with E-state index in [1.54, 1.807) is 48.3 Å². The zero-order chi connectivity index (χ0) is 19.8. The van der Waals surface area contributed by atoms with E-state index >= 15 is 0 Å². The molecule has 1 atom stereocenters. The highest BCUT2D eigenvalue weighted by atomic mass is 35.5. The summed E-state index contributed by atoms with van der Waals surface area (Å²) in [4.78, 5) is 31.3. The van der Waals surface area contributed by atoms with Crippen molar-refractivity contribution in [1.82, 2.24) is 10.3 Å². The van der Waals surface area contributed by atoms with Gasteiger partial charge in [0.1, 0.15) is 11.9 Å². The summed E-state index contributed by atoms with van der Waals surface area (Å²) < 4.78 is 0. The molecule has 2 rings (SSSR count). The molecule has 0 saturated heterocycles. The number of nitrogens with zero attached hydrogens (tertiary/aromatic N) is 2. The van der Waals surface area contributed by atoms with Crippen molar-refractivity contribution in [1.29, 1.82) is 0 Å². The van der Waals surface area contributed by atoms with Gasteiger partial charge in [-0.1, -0.05) is 23.7 Å². The molecule has 1 aromatic heterocycles. The van der Waals surface area contributed by atoms with Crippen LogP contribution in [0.3, 0.4) is 0 Å². The Morgan fingerprint density at radius 1 is 1.22 bits per heavy atom.